The van der Waals surface area contributed by atoms with E-state index in [2.05, 4.69) is 9.47 Å². The van der Waals surface area contributed by atoms with Crippen molar-refractivity contribution in [2.45, 2.75) is 0 Å². The van der Waals surface area contributed by atoms with Gasteiger partial charge in [0.05, 0.1) is 25.3 Å². The molecule has 19 heavy (non-hydrogen) atoms. The minimum atomic E-state index is -1.19. The van der Waals surface area contributed by atoms with E-state index in [0.717, 1.165) is 0 Å². The number of carbonyl (C=O) groups excluding carboxylic acids is 2. The number of rotatable bonds is 3. The Bertz CT molecular complexity index is 418. The van der Waals surface area contributed by atoms with Crippen LogP contribution >= 0.6 is 0 Å². The lowest BCUT2D eigenvalue weighted by Crippen LogP contribution is -2.11. The maximum atomic E-state index is 11.2. The molecule has 0 aliphatic rings. The molecule has 7 nitrogen and oxygen atoms in total. The molecule has 0 aliphatic heterocycles. The molecule has 1 rings (SSSR count). The molecule has 0 heterocycles. The molecule has 1 aromatic carbocycles. The third kappa shape index (κ3) is 5.64. The van der Waals surface area contributed by atoms with Crippen LogP contribution in [0.3, 0.4) is 0 Å². The third-order valence-electron chi connectivity index (χ3n) is 1.87. The molecule has 0 atom stereocenters. The molecule has 0 saturated carbocycles. The first kappa shape index (κ1) is 16.6. The average Bonchev–Trinajstić information content (AvgIpc) is 2.46. The first-order chi connectivity index (χ1) is 8.97. The van der Waals surface area contributed by atoms with E-state index >= 15 is 0 Å². The highest BCUT2D eigenvalue weighted by atomic mass is 16.5. The van der Waals surface area contributed by atoms with Gasteiger partial charge in [-0.25, -0.2) is 14.4 Å². The number of aliphatic hydroxyl groups excluding tert-OH is 1. The van der Waals surface area contributed by atoms with E-state index in [9.17, 15) is 9.59 Å². The summed E-state index contributed by atoms with van der Waals surface area (Å²) in [6.45, 7) is -0.778. The number of hydrogen-bond acceptors (Lipinski definition) is 6. The van der Waals surface area contributed by atoms with Crippen molar-refractivity contribution in [3.63, 3.8) is 0 Å². The van der Waals surface area contributed by atoms with Crippen LogP contribution in [0.15, 0.2) is 24.3 Å². The van der Waals surface area contributed by atoms with E-state index in [-0.39, 0.29) is 11.1 Å². The lowest BCUT2D eigenvalue weighted by molar-refractivity contribution is -0.140. The van der Waals surface area contributed by atoms with E-state index < -0.39 is 24.5 Å². The van der Waals surface area contributed by atoms with Crippen molar-refractivity contribution in [2.24, 2.45) is 0 Å². The average molecular weight is 270 g/mol. The Morgan fingerprint density at radius 3 is 1.53 bits per heavy atom. The number of carbonyl (C=O) groups is 3. The second-order valence-corrected chi connectivity index (χ2v) is 3.08. The Morgan fingerprint density at radius 1 is 1.00 bits per heavy atom. The number of carboxylic acid groups (broad SMARTS) is 1. The van der Waals surface area contributed by atoms with Gasteiger partial charge in [-0.05, 0) is 12.1 Å². The van der Waals surface area contributed by atoms with Crippen LogP contribution in [-0.4, -0.2) is 48.9 Å². The predicted molar refractivity (Wildman–Crippen MR) is 63.8 cm³/mol. The van der Waals surface area contributed by atoms with E-state index in [4.69, 9.17) is 15.0 Å². The summed E-state index contributed by atoms with van der Waals surface area (Å²) >= 11 is 0. The van der Waals surface area contributed by atoms with Crippen LogP contribution in [-0.2, 0) is 14.3 Å². The van der Waals surface area contributed by atoms with Gasteiger partial charge in [-0.1, -0.05) is 12.1 Å². The van der Waals surface area contributed by atoms with E-state index in [1.165, 1.54) is 26.4 Å². The lowest BCUT2D eigenvalue weighted by Gasteiger charge is -2.04. The van der Waals surface area contributed by atoms with Gasteiger partial charge in [0, 0.05) is 0 Å². The maximum absolute atomic E-state index is 11.2. The number of hydrogen-bond donors (Lipinski definition) is 2. The molecule has 0 aromatic heterocycles. The SMILES string of the molecule is COC(=O)c1ccccc1C(=O)OC.O=C(O)CO. The summed E-state index contributed by atoms with van der Waals surface area (Å²) in [6, 6.07) is 6.33. The summed E-state index contributed by atoms with van der Waals surface area (Å²) in [6.07, 6.45) is 0. The van der Waals surface area contributed by atoms with Gasteiger partial charge in [0.2, 0.25) is 0 Å². The van der Waals surface area contributed by atoms with Crippen LogP contribution in [0.2, 0.25) is 0 Å². The molecule has 0 bridgehead atoms. The summed E-state index contributed by atoms with van der Waals surface area (Å²) in [5.41, 5.74) is 0.420. The first-order valence-corrected chi connectivity index (χ1v) is 5.06. The van der Waals surface area contributed by atoms with Gasteiger partial charge in [-0.15, -0.1) is 0 Å². The fourth-order valence-electron chi connectivity index (χ4n) is 1.06. The zero-order chi connectivity index (χ0) is 14.8. The molecule has 104 valence electrons. The molecule has 0 amide bonds. The minimum Gasteiger partial charge on any atom is -0.480 e. The molecule has 2 N–H and O–H groups in total. The molecule has 0 saturated heterocycles. The zero-order valence-corrected chi connectivity index (χ0v) is 10.5. The Balaban J connectivity index is 0.000000555. The molecule has 0 spiro atoms. The van der Waals surface area contributed by atoms with Crippen molar-refractivity contribution < 1.29 is 34.1 Å². The fraction of sp³-hybridized carbons (Fsp3) is 0.250. The Kier molecular flexibility index (Phi) is 7.55. The fourth-order valence-corrected chi connectivity index (χ4v) is 1.06. The van der Waals surface area contributed by atoms with E-state index in [1.807, 2.05) is 0 Å². The van der Waals surface area contributed by atoms with Crippen molar-refractivity contribution >= 4 is 17.9 Å². The maximum Gasteiger partial charge on any atom is 0.338 e. The van der Waals surface area contributed by atoms with Gasteiger partial charge in [0.1, 0.15) is 6.61 Å². The van der Waals surface area contributed by atoms with Gasteiger partial charge < -0.3 is 19.7 Å². The highest BCUT2D eigenvalue weighted by Crippen LogP contribution is 2.10. The van der Waals surface area contributed by atoms with Crippen LogP contribution in [0.25, 0.3) is 0 Å². The highest BCUT2D eigenvalue weighted by molar-refractivity contribution is 6.02. The van der Waals surface area contributed by atoms with Gasteiger partial charge in [0.15, 0.2) is 0 Å². The van der Waals surface area contributed by atoms with Crippen LogP contribution in [0, 0.1) is 0 Å². The van der Waals surface area contributed by atoms with Crippen molar-refractivity contribution in [1.82, 2.24) is 0 Å². The topological polar surface area (TPSA) is 110 Å². The summed E-state index contributed by atoms with van der Waals surface area (Å²) in [5, 5.41) is 15.0. The first-order valence-electron chi connectivity index (χ1n) is 5.06. The normalized spacial score (nSPS) is 8.79. The van der Waals surface area contributed by atoms with Gasteiger partial charge in [-0.2, -0.15) is 0 Å². The molecular weight excluding hydrogens is 256 g/mol. The molecule has 0 fully saturated rings. The summed E-state index contributed by atoms with van der Waals surface area (Å²) in [5.74, 6) is -2.29. The molecular formula is C12H14O7. The highest BCUT2D eigenvalue weighted by Gasteiger charge is 2.16. The van der Waals surface area contributed by atoms with Crippen LogP contribution in [0.5, 0.6) is 0 Å². The van der Waals surface area contributed by atoms with Gasteiger partial charge in [-0.3, -0.25) is 0 Å². The summed E-state index contributed by atoms with van der Waals surface area (Å²) in [7, 11) is 2.52. The molecule has 1 aromatic rings. The Hall–Kier alpha value is -2.41. The number of methoxy groups -OCH3 is 2. The number of esters is 2. The van der Waals surface area contributed by atoms with Gasteiger partial charge in [0.25, 0.3) is 0 Å². The number of ether oxygens (including phenoxy) is 2. The van der Waals surface area contributed by atoms with Gasteiger partial charge >= 0.3 is 17.9 Å². The zero-order valence-electron chi connectivity index (χ0n) is 10.5. The van der Waals surface area contributed by atoms with Crippen LogP contribution in [0.1, 0.15) is 20.7 Å². The van der Waals surface area contributed by atoms with Crippen molar-refractivity contribution in [3.05, 3.63) is 35.4 Å². The standard InChI is InChI=1S/C10H10O4.C2H4O3/c1-13-9(11)7-5-3-4-6-8(7)10(12)14-2;3-1-2(4)5/h3-6H,1-2H3;3H,1H2,(H,4,5). The monoisotopic (exact) mass is 270 g/mol. The number of carboxylic acids is 1. The minimum absolute atomic E-state index is 0.210. The largest absolute Gasteiger partial charge is 0.480 e. The third-order valence-corrected chi connectivity index (χ3v) is 1.87. The van der Waals surface area contributed by atoms with Crippen molar-refractivity contribution in [3.8, 4) is 0 Å². The lowest BCUT2D eigenvalue weighted by atomic mass is 10.1. The second-order valence-electron chi connectivity index (χ2n) is 3.08. The smallest absolute Gasteiger partial charge is 0.338 e. The van der Waals surface area contributed by atoms with E-state index in [0.29, 0.717) is 0 Å². The molecule has 7 heteroatoms. The Labute approximate surface area is 109 Å². The second kappa shape index (κ2) is 8.65. The predicted octanol–water partition coefficient (Wildman–Crippen LogP) is 0.323. The quantitative estimate of drug-likeness (QED) is 0.761. The molecule has 0 radical (unpaired) electrons. The van der Waals surface area contributed by atoms with Crippen molar-refractivity contribution in [2.75, 3.05) is 20.8 Å². The van der Waals surface area contributed by atoms with Crippen LogP contribution in [0.4, 0.5) is 0 Å². The van der Waals surface area contributed by atoms with E-state index in [1.54, 1.807) is 12.1 Å². The molecule has 0 aliphatic carbocycles. The number of aliphatic hydroxyl groups is 1. The summed E-state index contributed by atoms with van der Waals surface area (Å²) < 4.78 is 9.05. The van der Waals surface area contributed by atoms with Crippen molar-refractivity contribution in [1.29, 1.82) is 0 Å². The summed E-state index contributed by atoms with van der Waals surface area (Å²) in [4.78, 5) is 31.6. The Morgan fingerprint density at radius 2 is 1.32 bits per heavy atom. The molecule has 0 unspecified atom stereocenters. The van der Waals surface area contributed by atoms with Crippen LogP contribution < -0.4 is 0 Å². The number of benzene rings is 1. The number of aliphatic carboxylic acids is 1.